The van der Waals surface area contributed by atoms with Crippen LogP contribution in [-0.2, 0) is 0 Å². The molecule has 4 rings (SSSR count). The van der Waals surface area contributed by atoms with Crippen molar-refractivity contribution in [1.82, 2.24) is 19.9 Å². The number of ether oxygens (including phenoxy) is 2. The molecular formula is C20H14ClN7O6. The normalized spacial score (nSPS) is 9.91. The van der Waals surface area contributed by atoms with Crippen molar-refractivity contribution in [2.45, 2.75) is 0 Å². The van der Waals surface area contributed by atoms with E-state index >= 15 is 0 Å². The van der Waals surface area contributed by atoms with Crippen molar-refractivity contribution < 1.29 is 19.3 Å². The molecule has 0 atom stereocenters. The van der Waals surface area contributed by atoms with Crippen LogP contribution in [0.1, 0.15) is 0 Å². The van der Waals surface area contributed by atoms with Crippen LogP contribution in [0.15, 0.2) is 73.3 Å². The Morgan fingerprint density at radius 1 is 0.706 bits per heavy atom. The van der Waals surface area contributed by atoms with Crippen molar-refractivity contribution in [3.05, 3.63) is 98.7 Å². The maximum Gasteiger partial charge on any atom is 0.269 e. The van der Waals surface area contributed by atoms with Crippen LogP contribution in [0, 0.1) is 20.2 Å². The number of anilines is 1. The maximum absolute atomic E-state index is 10.4. The van der Waals surface area contributed by atoms with Crippen LogP contribution in [0.3, 0.4) is 0 Å². The van der Waals surface area contributed by atoms with Gasteiger partial charge < -0.3 is 15.2 Å². The maximum atomic E-state index is 10.4. The zero-order valence-corrected chi connectivity index (χ0v) is 17.8. The number of nitrogens with zero attached hydrogens (tertiary/aromatic N) is 6. The van der Waals surface area contributed by atoms with Gasteiger partial charge in [0.05, 0.1) is 9.85 Å². The van der Waals surface area contributed by atoms with Gasteiger partial charge in [0.25, 0.3) is 11.4 Å². The smallest absolute Gasteiger partial charge is 0.269 e. The Morgan fingerprint density at radius 3 is 1.56 bits per heavy atom. The standard InChI is InChI=1S/C10H6ClN3O3.C10H8N4O3/c2*11-9-5-10(13-6-12-9)17-8-3-1-7(2-4-8)14(15)16/h1-6H;1-6H,(H2,11,12,13). The van der Waals surface area contributed by atoms with Crippen molar-refractivity contribution in [1.29, 1.82) is 0 Å². The Balaban J connectivity index is 0.000000191. The second-order valence-corrected chi connectivity index (χ2v) is 6.55. The van der Waals surface area contributed by atoms with Gasteiger partial charge in [-0.1, -0.05) is 11.6 Å². The Morgan fingerprint density at radius 2 is 1.15 bits per heavy atom. The van der Waals surface area contributed by atoms with Crippen LogP contribution in [0.2, 0.25) is 5.15 Å². The number of nitrogen functional groups attached to an aromatic ring is 1. The molecule has 2 aromatic heterocycles. The van der Waals surface area contributed by atoms with E-state index in [9.17, 15) is 20.2 Å². The average Bonchev–Trinajstić information content (AvgIpc) is 2.80. The minimum Gasteiger partial charge on any atom is -0.439 e. The molecule has 2 N–H and O–H groups in total. The summed E-state index contributed by atoms with van der Waals surface area (Å²) in [6, 6.07) is 14.2. The first-order valence-corrected chi connectivity index (χ1v) is 9.57. The number of aromatic nitrogens is 4. The van der Waals surface area contributed by atoms with Crippen molar-refractivity contribution in [3.63, 3.8) is 0 Å². The SMILES string of the molecule is Nc1cc(Oc2ccc([N+](=O)[O-])cc2)ncn1.O=[N+]([O-])c1ccc(Oc2cc(Cl)ncn2)cc1. The van der Waals surface area contributed by atoms with E-state index < -0.39 is 9.85 Å². The highest BCUT2D eigenvalue weighted by molar-refractivity contribution is 6.29. The van der Waals surface area contributed by atoms with Gasteiger partial charge in [-0.05, 0) is 24.3 Å². The number of halogens is 1. The molecule has 14 heteroatoms. The number of hydrogen-bond acceptors (Lipinski definition) is 11. The van der Waals surface area contributed by atoms with Gasteiger partial charge in [0, 0.05) is 36.4 Å². The highest BCUT2D eigenvalue weighted by atomic mass is 35.5. The molecule has 0 amide bonds. The second-order valence-electron chi connectivity index (χ2n) is 6.17. The summed E-state index contributed by atoms with van der Waals surface area (Å²) < 4.78 is 10.7. The van der Waals surface area contributed by atoms with Crippen LogP contribution in [0.5, 0.6) is 23.3 Å². The number of nitro benzene ring substituents is 2. The van der Waals surface area contributed by atoms with E-state index in [0.717, 1.165) is 0 Å². The van der Waals surface area contributed by atoms with E-state index in [1.165, 1.54) is 73.3 Å². The van der Waals surface area contributed by atoms with Gasteiger partial charge >= 0.3 is 0 Å². The van der Waals surface area contributed by atoms with Crippen LogP contribution >= 0.6 is 11.6 Å². The first-order valence-electron chi connectivity index (χ1n) is 9.20. The molecule has 0 aliphatic carbocycles. The third-order valence-electron chi connectivity index (χ3n) is 3.81. The molecule has 0 saturated carbocycles. The Kier molecular flexibility index (Phi) is 7.75. The van der Waals surface area contributed by atoms with E-state index in [4.69, 9.17) is 26.8 Å². The molecule has 4 aromatic rings. The van der Waals surface area contributed by atoms with Crippen LogP contribution in [-0.4, -0.2) is 29.8 Å². The van der Waals surface area contributed by atoms with Crippen molar-refractivity contribution in [2.75, 3.05) is 5.73 Å². The van der Waals surface area contributed by atoms with Gasteiger partial charge in [0.15, 0.2) is 0 Å². The Hall–Kier alpha value is -4.91. The molecule has 172 valence electrons. The molecule has 0 unspecified atom stereocenters. The monoisotopic (exact) mass is 483 g/mol. The number of nitrogens with two attached hydrogens (primary N) is 1. The fourth-order valence-corrected chi connectivity index (χ4v) is 2.43. The largest absolute Gasteiger partial charge is 0.439 e. The molecule has 13 nitrogen and oxygen atoms in total. The first kappa shape index (κ1) is 23.7. The number of benzene rings is 2. The van der Waals surface area contributed by atoms with Crippen LogP contribution < -0.4 is 15.2 Å². The molecule has 0 bridgehead atoms. The zero-order chi connectivity index (χ0) is 24.5. The Bertz CT molecular complexity index is 1190. The molecule has 34 heavy (non-hydrogen) atoms. The van der Waals surface area contributed by atoms with E-state index in [2.05, 4.69) is 19.9 Å². The summed E-state index contributed by atoms with van der Waals surface area (Å²) in [5.74, 6) is 1.72. The fraction of sp³-hybridized carbons (Fsp3) is 0. The quantitative estimate of drug-likeness (QED) is 0.230. The van der Waals surface area contributed by atoms with E-state index in [0.29, 0.717) is 11.5 Å². The van der Waals surface area contributed by atoms with Gasteiger partial charge in [0.1, 0.15) is 35.1 Å². The lowest BCUT2D eigenvalue weighted by molar-refractivity contribution is -0.385. The van der Waals surface area contributed by atoms with Crippen molar-refractivity contribution in [3.8, 4) is 23.3 Å². The third-order valence-corrected chi connectivity index (χ3v) is 4.02. The summed E-state index contributed by atoms with van der Waals surface area (Å²) in [5.41, 5.74) is 5.45. The number of non-ortho nitro benzene ring substituents is 2. The number of hydrogen-bond donors (Lipinski definition) is 1. The highest BCUT2D eigenvalue weighted by Gasteiger charge is 2.07. The van der Waals surface area contributed by atoms with Gasteiger partial charge in [-0.2, -0.15) is 0 Å². The second kappa shape index (κ2) is 11.1. The topological polar surface area (TPSA) is 182 Å². The molecule has 2 aromatic carbocycles. The van der Waals surface area contributed by atoms with E-state index in [1.807, 2.05) is 0 Å². The molecular weight excluding hydrogens is 470 g/mol. The van der Waals surface area contributed by atoms with Gasteiger partial charge in [0.2, 0.25) is 11.8 Å². The van der Waals surface area contributed by atoms with Gasteiger partial charge in [-0.3, -0.25) is 20.2 Å². The molecule has 0 aliphatic heterocycles. The summed E-state index contributed by atoms with van der Waals surface area (Å²) in [4.78, 5) is 35.0. The van der Waals surface area contributed by atoms with E-state index in [-0.39, 0.29) is 34.1 Å². The first-order chi connectivity index (χ1) is 16.3. The Labute approximate surface area is 196 Å². The van der Waals surface area contributed by atoms with Crippen LogP contribution in [0.25, 0.3) is 0 Å². The lowest BCUT2D eigenvalue weighted by atomic mass is 10.3. The summed E-state index contributed by atoms with van der Waals surface area (Å²) in [5, 5.41) is 21.1. The summed E-state index contributed by atoms with van der Waals surface area (Å²) >= 11 is 5.66. The highest BCUT2D eigenvalue weighted by Crippen LogP contribution is 2.24. The molecule has 0 spiro atoms. The van der Waals surface area contributed by atoms with E-state index in [1.54, 1.807) is 0 Å². The summed E-state index contributed by atoms with van der Waals surface area (Å²) in [6.45, 7) is 0. The lowest BCUT2D eigenvalue weighted by Gasteiger charge is -2.03. The number of rotatable bonds is 6. The molecule has 0 aliphatic rings. The van der Waals surface area contributed by atoms with Gasteiger partial charge in [-0.15, -0.1) is 0 Å². The van der Waals surface area contributed by atoms with Crippen molar-refractivity contribution >= 4 is 28.8 Å². The minimum atomic E-state index is -0.481. The molecule has 2 heterocycles. The number of nitro groups is 2. The average molecular weight is 484 g/mol. The third kappa shape index (κ3) is 7.06. The fourth-order valence-electron chi connectivity index (χ4n) is 2.30. The predicted octanol–water partition coefficient (Wildman–Crippen LogP) is 4.59. The van der Waals surface area contributed by atoms with Crippen molar-refractivity contribution in [2.24, 2.45) is 0 Å². The minimum absolute atomic E-state index is 0.000415. The summed E-state index contributed by atoms with van der Waals surface area (Å²) in [7, 11) is 0. The predicted molar refractivity (Wildman–Crippen MR) is 120 cm³/mol. The van der Waals surface area contributed by atoms with Crippen LogP contribution in [0.4, 0.5) is 17.2 Å². The van der Waals surface area contributed by atoms with Gasteiger partial charge in [-0.25, -0.2) is 19.9 Å². The molecule has 0 radical (unpaired) electrons. The molecule has 0 saturated heterocycles. The molecule has 0 fully saturated rings. The summed E-state index contributed by atoms with van der Waals surface area (Å²) in [6.07, 6.45) is 2.54. The lowest BCUT2D eigenvalue weighted by Crippen LogP contribution is -1.94. The zero-order valence-electron chi connectivity index (χ0n) is 17.0.